The van der Waals surface area contributed by atoms with E-state index in [-0.39, 0.29) is 23.7 Å². The van der Waals surface area contributed by atoms with Crippen LogP contribution in [-0.2, 0) is 11.3 Å². The SMILES string of the molecule is CC(C)C[C@@H](C(=O)Nc1n[nH]c(C2CC2)n1)N1Cc2ccccc2C1=O. The van der Waals surface area contributed by atoms with Crippen LogP contribution < -0.4 is 5.32 Å². The third-order valence-corrected chi connectivity index (χ3v) is 4.92. The van der Waals surface area contributed by atoms with Crippen molar-refractivity contribution in [2.75, 3.05) is 5.32 Å². The number of fused-ring (bicyclic) bond motifs is 1. The van der Waals surface area contributed by atoms with Crippen molar-refractivity contribution in [3.63, 3.8) is 0 Å². The topological polar surface area (TPSA) is 91.0 Å². The van der Waals surface area contributed by atoms with Gasteiger partial charge < -0.3 is 4.90 Å². The summed E-state index contributed by atoms with van der Waals surface area (Å²) in [5, 5.41) is 9.77. The number of rotatable bonds is 6. The van der Waals surface area contributed by atoms with Crippen molar-refractivity contribution in [3.8, 4) is 0 Å². The summed E-state index contributed by atoms with van der Waals surface area (Å²) in [5.74, 6) is 1.50. The number of hydrogen-bond donors (Lipinski definition) is 2. The van der Waals surface area contributed by atoms with Crippen LogP contribution in [0.1, 0.15) is 60.8 Å². The first-order valence-corrected chi connectivity index (χ1v) is 9.15. The fraction of sp³-hybridized carbons (Fsp3) is 0.474. The van der Waals surface area contributed by atoms with E-state index in [0.29, 0.717) is 24.4 Å². The number of aromatic amines is 1. The molecule has 1 atom stereocenters. The summed E-state index contributed by atoms with van der Waals surface area (Å²) in [6.07, 6.45) is 2.81. The Labute approximate surface area is 152 Å². The molecule has 1 aromatic heterocycles. The van der Waals surface area contributed by atoms with Gasteiger partial charge in [0, 0.05) is 18.0 Å². The summed E-state index contributed by atoms with van der Waals surface area (Å²) in [6, 6.07) is 6.98. The Morgan fingerprint density at radius 1 is 1.35 bits per heavy atom. The van der Waals surface area contributed by atoms with Crippen LogP contribution in [0.4, 0.5) is 5.95 Å². The Balaban J connectivity index is 1.52. The average Bonchev–Trinajstić information content (AvgIpc) is 3.28. The first kappa shape index (κ1) is 16.8. The largest absolute Gasteiger partial charge is 0.322 e. The van der Waals surface area contributed by atoms with E-state index in [1.54, 1.807) is 4.90 Å². The second-order valence-corrected chi connectivity index (χ2v) is 7.54. The third kappa shape index (κ3) is 3.21. The Morgan fingerprint density at radius 2 is 2.12 bits per heavy atom. The van der Waals surface area contributed by atoms with Gasteiger partial charge in [0.25, 0.3) is 5.91 Å². The van der Waals surface area contributed by atoms with Gasteiger partial charge in [0.1, 0.15) is 11.9 Å². The lowest BCUT2D eigenvalue weighted by Gasteiger charge is -2.27. The Morgan fingerprint density at radius 3 is 2.81 bits per heavy atom. The van der Waals surface area contributed by atoms with Gasteiger partial charge in [-0.1, -0.05) is 32.0 Å². The number of hydrogen-bond acceptors (Lipinski definition) is 4. The molecule has 1 aliphatic heterocycles. The summed E-state index contributed by atoms with van der Waals surface area (Å²) in [7, 11) is 0. The maximum absolute atomic E-state index is 12.9. The van der Waals surface area contributed by atoms with Crippen molar-refractivity contribution < 1.29 is 9.59 Å². The van der Waals surface area contributed by atoms with E-state index in [4.69, 9.17) is 0 Å². The van der Waals surface area contributed by atoms with E-state index in [9.17, 15) is 9.59 Å². The van der Waals surface area contributed by atoms with E-state index >= 15 is 0 Å². The quantitative estimate of drug-likeness (QED) is 0.835. The van der Waals surface area contributed by atoms with Crippen LogP contribution in [0.15, 0.2) is 24.3 Å². The molecule has 2 aromatic rings. The van der Waals surface area contributed by atoms with Gasteiger partial charge in [-0.05, 0) is 36.8 Å². The molecule has 26 heavy (non-hydrogen) atoms. The number of carbonyl (C=O) groups excluding carboxylic acids is 2. The predicted octanol–water partition coefficient (Wildman–Crippen LogP) is 2.69. The average molecular weight is 353 g/mol. The van der Waals surface area contributed by atoms with Crippen molar-refractivity contribution in [2.45, 2.75) is 51.6 Å². The van der Waals surface area contributed by atoms with Crippen LogP contribution in [0.2, 0.25) is 0 Å². The highest BCUT2D eigenvalue weighted by Gasteiger charge is 2.37. The van der Waals surface area contributed by atoms with Crippen LogP contribution >= 0.6 is 0 Å². The number of anilines is 1. The van der Waals surface area contributed by atoms with E-state index in [1.807, 2.05) is 38.1 Å². The zero-order valence-corrected chi connectivity index (χ0v) is 15.0. The van der Waals surface area contributed by atoms with E-state index in [2.05, 4.69) is 20.5 Å². The van der Waals surface area contributed by atoms with Crippen LogP contribution in [0.25, 0.3) is 0 Å². The number of nitrogens with one attached hydrogen (secondary N) is 2. The number of aromatic nitrogens is 3. The van der Waals surface area contributed by atoms with Gasteiger partial charge in [-0.15, -0.1) is 5.10 Å². The molecule has 1 fully saturated rings. The molecule has 0 unspecified atom stereocenters. The molecule has 0 saturated heterocycles. The van der Waals surface area contributed by atoms with Crippen molar-refractivity contribution in [2.24, 2.45) is 5.92 Å². The summed E-state index contributed by atoms with van der Waals surface area (Å²) in [4.78, 5) is 31.7. The molecule has 136 valence electrons. The maximum atomic E-state index is 12.9. The smallest absolute Gasteiger partial charge is 0.255 e. The molecular weight excluding hydrogens is 330 g/mol. The summed E-state index contributed by atoms with van der Waals surface area (Å²) in [6.45, 7) is 4.55. The molecule has 7 nitrogen and oxygen atoms in total. The third-order valence-electron chi connectivity index (χ3n) is 4.92. The molecule has 2 amide bonds. The Bertz CT molecular complexity index is 840. The number of H-pyrrole nitrogens is 1. The van der Waals surface area contributed by atoms with Crippen LogP contribution in [0.3, 0.4) is 0 Å². The minimum Gasteiger partial charge on any atom is -0.322 e. The molecule has 0 radical (unpaired) electrons. The molecule has 2 N–H and O–H groups in total. The normalized spacial score (nSPS) is 17.5. The lowest BCUT2D eigenvalue weighted by molar-refractivity contribution is -0.121. The van der Waals surface area contributed by atoms with Gasteiger partial charge in [-0.3, -0.25) is 20.0 Å². The molecule has 2 heterocycles. The molecule has 1 saturated carbocycles. The lowest BCUT2D eigenvalue weighted by Crippen LogP contribution is -2.45. The first-order valence-electron chi connectivity index (χ1n) is 9.15. The van der Waals surface area contributed by atoms with Crippen molar-refractivity contribution in [1.82, 2.24) is 20.1 Å². The second-order valence-electron chi connectivity index (χ2n) is 7.54. The minimum absolute atomic E-state index is 0.0879. The van der Waals surface area contributed by atoms with Crippen LogP contribution in [-0.4, -0.2) is 37.9 Å². The zero-order chi connectivity index (χ0) is 18.3. The van der Waals surface area contributed by atoms with E-state index in [0.717, 1.165) is 24.2 Å². The van der Waals surface area contributed by atoms with Gasteiger partial charge >= 0.3 is 0 Å². The first-order chi connectivity index (χ1) is 12.5. The maximum Gasteiger partial charge on any atom is 0.255 e. The molecule has 1 aliphatic carbocycles. The van der Waals surface area contributed by atoms with Crippen molar-refractivity contribution >= 4 is 17.8 Å². The number of nitrogens with zero attached hydrogens (tertiary/aromatic N) is 3. The standard InChI is InChI=1S/C19H23N5O2/c1-11(2)9-15(24-10-13-5-3-4-6-14(13)18(24)26)17(25)21-19-20-16(22-23-19)12-7-8-12/h3-6,11-12,15H,7-10H2,1-2H3,(H2,20,21,22,23,25)/t15-/m0/s1. The van der Waals surface area contributed by atoms with Crippen LogP contribution in [0, 0.1) is 5.92 Å². The number of carbonyl (C=O) groups is 2. The van der Waals surface area contributed by atoms with Gasteiger partial charge in [-0.2, -0.15) is 4.98 Å². The minimum atomic E-state index is -0.544. The van der Waals surface area contributed by atoms with Crippen molar-refractivity contribution in [3.05, 3.63) is 41.2 Å². The number of benzene rings is 1. The molecule has 7 heteroatoms. The van der Waals surface area contributed by atoms with Gasteiger partial charge in [0.05, 0.1) is 0 Å². The monoisotopic (exact) mass is 353 g/mol. The molecule has 0 bridgehead atoms. The highest BCUT2D eigenvalue weighted by Crippen LogP contribution is 2.38. The zero-order valence-electron chi connectivity index (χ0n) is 15.0. The van der Waals surface area contributed by atoms with Gasteiger partial charge in [-0.25, -0.2) is 0 Å². The van der Waals surface area contributed by atoms with Gasteiger partial charge in [0.15, 0.2) is 0 Å². The molecule has 4 rings (SSSR count). The summed E-state index contributed by atoms with van der Waals surface area (Å²) in [5.41, 5.74) is 1.65. The van der Waals surface area contributed by atoms with Crippen LogP contribution in [0.5, 0.6) is 0 Å². The molecule has 1 aromatic carbocycles. The fourth-order valence-corrected chi connectivity index (χ4v) is 3.41. The predicted molar refractivity (Wildman–Crippen MR) is 96.5 cm³/mol. The fourth-order valence-electron chi connectivity index (χ4n) is 3.41. The molecule has 0 spiro atoms. The second kappa shape index (κ2) is 6.55. The summed E-state index contributed by atoms with van der Waals surface area (Å²) >= 11 is 0. The van der Waals surface area contributed by atoms with Crippen molar-refractivity contribution in [1.29, 1.82) is 0 Å². The molecule has 2 aliphatic rings. The highest BCUT2D eigenvalue weighted by molar-refractivity contribution is 6.03. The Hall–Kier alpha value is -2.70. The van der Waals surface area contributed by atoms with E-state index < -0.39 is 6.04 Å². The highest BCUT2D eigenvalue weighted by atomic mass is 16.2. The Kier molecular flexibility index (Phi) is 4.22. The number of amides is 2. The lowest BCUT2D eigenvalue weighted by atomic mass is 10.0. The van der Waals surface area contributed by atoms with Gasteiger partial charge in [0.2, 0.25) is 11.9 Å². The molecular formula is C19H23N5O2. The van der Waals surface area contributed by atoms with E-state index in [1.165, 1.54) is 0 Å². The summed E-state index contributed by atoms with van der Waals surface area (Å²) < 4.78 is 0.